The molecule has 1 aliphatic heterocycles. The summed E-state index contributed by atoms with van der Waals surface area (Å²) in [5.41, 5.74) is 0.677. The number of imide groups is 1. The van der Waals surface area contributed by atoms with Gasteiger partial charge in [-0.3, -0.25) is 19.3 Å². The number of hydrogen-bond acceptors (Lipinski definition) is 5. The third-order valence-electron chi connectivity index (χ3n) is 3.48. The van der Waals surface area contributed by atoms with Crippen LogP contribution in [0.4, 0.5) is 4.79 Å². The van der Waals surface area contributed by atoms with Crippen LogP contribution in [0, 0.1) is 0 Å². The maximum atomic E-state index is 12.4. The first-order valence-electron chi connectivity index (χ1n) is 7.48. The lowest BCUT2D eigenvalue weighted by atomic mass is 10.2. The first-order valence-corrected chi connectivity index (χ1v) is 9.93. The molecule has 0 unspecified atom stereocenters. The number of benzene rings is 1. The Morgan fingerprint density at radius 2 is 2.00 bits per heavy atom. The summed E-state index contributed by atoms with van der Waals surface area (Å²) in [7, 11) is 0. The van der Waals surface area contributed by atoms with Gasteiger partial charge >= 0.3 is 0 Å². The van der Waals surface area contributed by atoms with Crippen LogP contribution in [-0.2, 0) is 4.79 Å². The topological polar surface area (TPSA) is 66.5 Å². The lowest BCUT2D eigenvalue weighted by Gasteiger charge is -2.12. The number of amides is 3. The van der Waals surface area contributed by atoms with Gasteiger partial charge in [0, 0.05) is 13.1 Å². The van der Waals surface area contributed by atoms with Gasteiger partial charge in [-0.25, -0.2) is 0 Å². The van der Waals surface area contributed by atoms with Crippen molar-refractivity contribution < 1.29 is 14.4 Å². The van der Waals surface area contributed by atoms with Gasteiger partial charge < -0.3 is 5.32 Å². The summed E-state index contributed by atoms with van der Waals surface area (Å²) in [6, 6.07) is 8.45. The average Bonchev–Trinajstić information content (AvgIpc) is 3.22. The zero-order valence-electron chi connectivity index (χ0n) is 13.2. The van der Waals surface area contributed by atoms with E-state index in [2.05, 4.69) is 5.32 Å². The molecule has 0 atom stereocenters. The van der Waals surface area contributed by atoms with Crippen molar-refractivity contribution in [1.29, 1.82) is 0 Å². The summed E-state index contributed by atoms with van der Waals surface area (Å²) in [5.74, 6) is -0.616. The van der Waals surface area contributed by atoms with Gasteiger partial charge in [-0.05, 0) is 47.0 Å². The van der Waals surface area contributed by atoms with Gasteiger partial charge in [0.2, 0.25) is 0 Å². The molecule has 1 aromatic carbocycles. The molecule has 3 amide bonds. The molecule has 1 aliphatic rings. The van der Waals surface area contributed by atoms with E-state index in [0.717, 1.165) is 16.7 Å². The minimum Gasteiger partial charge on any atom is -0.350 e. The summed E-state index contributed by atoms with van der Waals surface area (Å²) in [6.45, 7) is 0.301. The van der Waals surface area contributed by atoms with Gasteiger partial charge in [0.05, 0.1) is 19.8 Å². The Bertz CT molecular complexity index is 897. The normalized spacial score (nSPS) is 15.8. The number of rotatable bonds is 5. The summed E-state index contributed by atoms with van der Waals surface area (Å²) < 4.78 is 0. The lowest BCUT2D eigenvalue weighted by molar-refractivity contribution is -0.122. The van der Waals surface area contributed by atoms with Gasteiger partial charge in [0.25, 0.3) is 17.1 Å². The fourth-order valence-corrected chi connectivity index (χ4v) is 4.03. The highest BCUT2D eigenvalue weighted by Gasteiger charge is 2.34. The number of carbonyl (C=O) groups is 3. The van der Waals surface area contributed by atoms with E-state index in [1.165, 1.54) is 11.3 Å². The van der Waals surface area contributed by atoms with Crippen molar-refractivity contribution in [3.8, 4) is 0 Å². The van der Waals surface area contributed by atoms with Crippen molar-refractivity contribution in [2.75, 3.05) is 13.1 Å². The van der Waals surface area contributed by atoms with Gasteiger partial charge in [-0.1, -0.05) is 35.3 Å². The molecule has 1 aromatic heterocycles. The Morgan fingerprint density at radius 3 is 2.69 bits per heavy atom. The molecule has 0 radical (unpaired) electrons. The van der Waals surface area contributed by atoms with Crippen LogP contribution in [0.25, 0.3) is 6.08 Å². The molecule has 1 fully saturated rings. The molecule has 134 valence electrons. The number of thioether (sulfide) groups is 1. The summed E-state index contributed by atoms with van der Waals surface area (Å²) in [6.07, 6.45) is 1.59. The van der Waals surface area contributed by atoms with Crippen LogP contribution in [-0.4, -0.2) is 35.0 Å². The molecule has 0 aliphatic carbocycles. The Balaban J connectivity index is 1.62. The van der Waals surface area contributed by atoms with E-state index in [9.17, 15) is 14.4 Å². The quantitative estimate of drug-likeness (QED) is 0.713. The van der Waals surface area contributed by atoms with E-state index in [1.54, 1.807) is 41.8 Å². The van der Waals surface area contributed by atoms with Gasteiger partial charge in [-0.2, -0.15) is 0 Å². The van der Waals surface area contributed by atoms with Crippen molar-refractivity contribution in [2.45, 2.75) is 0 Å². The van der Waals surface area contributed by atoms with E-state index in [1.807, 2.05) is 0 Å². The largest absolute Gasteiger partial charge is 0.350 e. The van der Waals surface area contributed by atoms with E-state index < -0.39 is 5.91 Å². The Kier molecular flexibility index (Phi) is 6.03. The van der Waals surface area contributed by atoms with Crippen molar-refractivity contribution >= 4 is 69.4 Å². The number of carbonyl (C=O) groups excluding carboxylic acids is 3. The second kappa shape index (κ2) is 8.26. The van der Waals surface area contributed by atoms with Gasteiger partial charge in [0.15, 0.2) is 0 Å². The molecule has 2 aromatic rings. The van der Waals surface area contributed by atoms with E-state index in [-0.39, 0.29) is 24.2 Å². The zero-order chi connectivity index (χ0) is 18.7. The SMILES string of the molecule is O=C(NCCN1C(=O)S/C(=C\c2ccc(Cl)c(Cl)c2)C1=O)c1cccs1. The van der Waals surface area contributed by atoms with Crippen LogP contribution >= 0.6 is 46.3 Å². The molecule has 0 saturated carbocycles. The van der Waals surface area contributed by atoms with Crippen LogP contribution in [0.2, 0.25) is 10.0 Å². The summed E-state index contributed by atoms with van der Waals surface area (Å²) in [5, 5.41) is 4.92. The summed E-state index contributed by atoms with van der Waals surface area (Å²) in [4.78, 5) is 38.4. The monoisotopic (exact) mass is 426 g/mol. The van der Waals surface area contributed by atoms with Crippen LogP contribution in [0.1, 0.15) is 15.2 Å². The molecule has 2 heterocycles. The average molecular weight is 427 g/mol. The van der Waals surface area contributed by atoms with Crippen LogP contribution < -0.4 is 5.32 Å². The van der Waals surface area contributed by atoms with Crippen molar-refractivity contribution in [2.24, 2.45) is 0 Å². The predicted molar refractivity (Wildman–Crippen MR) is 106 cm³/mol. The molecular formula is C17H12Cl2N2O3S2. The van der Waals surface area contributed by atoms with Crippen LogP contribution in [0.3, 0.4) is 0 Å². The molecule has 26 heavy (non-hydrogen) atoms. The third-order valence-corrected chi connectivity index (χ3v) is 6.00. The van der Waals surface area contributed by atoms with Crippen molar-refractivity contribution in [3.05, 3.63) is 61.1 Å². The van der Waals surface area contributed by atoms with Crippen molar-refractivity contribution in [1.82, 2.24) is 10.2 Å². The maximum absolute atomic E-state index is 12.4. The number of thiophene rings is 1. The van der Waals surface area contributed by atoms with Crippen molar-refractivity contribution in [3.63, 3.8) is 0 Å². The molecule has 0 spiro atoms. The highest BCUT2D eigenvalue weighted by Crippen LogP contribution is 2.33. The fraction of sp³-hybridized carbons (Fsp3) is 0.118. The fourth-order valence-electron chi connectivity index (χ4n) is 2.22. The Morgan fingerprint density at radius 1 is 1.19 bits per heavy atom. The van der Waals surface area contributed by atoms with Crippen LogP contribution in [0.15, 0.2) is 40.6 Å². The molecular weight excluding hydrogens is 415 g/mol. The molecule has 1 saturated heterocycles. The van der Waals surface area contributed by atoms with Gasteiger partial charge in [-0.15, -0.1) is 11.3 Å². The number of hydrogen-bond donors (Lipinski definition) is 1. The molecule has 1 N–H and O–H groups in total. The Hall–Kier alpha value is -1.80. The molecule has 0 bridgehead atoms. The molecule has 5 nitrogen and oxygen atoms in total. The molecule has 9 heteroatoms. The number of nitrogens with one attached hydrogen (secondary N) is 1. The van der Waals surface area contributed by atoms with Crippen LogP contribution in [0.5, 0.6) is 0 Å². The first kappa shape index (κ1) is 19.0. The minimum atomic E-state index is -0.392. The van der Waals surface area contributed by atoms with E-state index in [4.69, 9.17) is 23.2 Å². The maximum Gasteiger partial charge on any atom is 0.293 e. The predicted octanol–water partition coefficient (Wildman–Crippen LogP) is 4.52. The van der Waals surface area contributed by atoms with E-state index in [0.29, 0.717) is 25.4 Å². The number of nitrogens with zero attached hydrogens (tertiary/aromatic N) is 1. The smallest absolute Gasteiger partial charge is 0.293 e. The van der Waals surface area contributed by atoms with Gasteiger partial charge in [0.1, 0.15) is 0 Å². The van der Waals surface area contributed by atoms with E-state index >= 15 is 0 Å². The summed E-state index contributed by atoms with van der Waals surface area (Å²) >= 11 is 14.0. The minimum absolute atomic E-state index is 0.112. The Labute approximate surface area is 168 Å². The number of halogens is 2. The highest BCUT2D eigenvalue weighted by atomic mass is 35.5. The second-order valence-corrected chi connectivity index (χ2v) is 8.00. The third kappa shape index (κ3) is 4.29. The standard InChI is InChI=1S/C17H12Cl2N2O3S2/c18-11-4-3-10(8-12(11)19)9-14-16(23)21(17(24)26-14)6-5-20-15(22)13-2-1-7-25-13/h1-4,7-9H,5-6H2,(H,20,22)/b14-9-. The lowest BCUT2D eigenvalue weighted by Crippen LogP contribution is -2.37. The highest BCUT2D eigenvalue weighted by molar-refractivity contribution is 8.18. The molecule has 3 rings (SSSR count). The zero-order valence-corrected chi connectivity index (χ0v) is 16.3. The second-order valence-electron chi connectivity index (χ2n) is 5.24. The first-order chi connectivity index (χ1) is 12.5.